The number of hydrogen-bond acceptors (Lipinski definition) is 4. The van der Waals surface area contributed by atoms with Gasteiger partial charge in [-0.2, -0.15) is 0 Å². The van der Waals surface area contributed by atoms with Crippen molar-refractivity contribution in [3.05, 3.63) is 0 Å². The fourth-order valence-electron chi connectivity index (χ4n) is 2.78. The van der Waals surface area contributed by atoms with E-state index in [9.17, 15) is 19.8 Å². The summed E-state index contributed by atoms with van der Waals surface area (Å²) >= 11 is 0. The molecule has 0 aromatic heterocycles. The highest BCUT2D eigenvalue weighted by atomic mass is 16.3. The van der Waals surface area contributed by atoms with E-state index in [1.54, 1.807) is 34.6 Å². The lowest BCUT2D eigenvalue weighted by Gasteiger charge is -2.26. The molecule has 0 spiro atoms. The van der Waals surface area contributed by atoms with Gasteiger partial charge in [0.25, 0.3) is 0 Å². The van der Waals surface area contributed by atoms with Crippen molar-refractivity contribution in [2.24, 2.45) is 11.3 Å². The van der Waals surface area contributed by atoms with E-state index in [2.05, 4.69) is 0 Å². The van der Waals surface area contributed by atoms with Gasteiger partial charge >= 0.3 is 0 Å². The smallest absolute Gasteiger partial charge is 0.169 e. The van der Waals surface area contributed by atoms with E-state index in [1.165, 1.54) is 20.3 Å². The molecule has 4 heteroatoms. The number of rotatable bonds is 3. The molecular formula is C18H34O4. The second-order valence-electron chi connectivity index (χ2n) is 8.40. The lowest BCUT2D eigenvalue weighted by atomic mass is 9.81. The normalized spacial score (nSPS) is 17.5. The van der Waals surface area contributed by atoms with Crippen molar-refractivity contribution in [3.8, 4) is 0 Å². The molecule has 0 aliphatic heterocycles. The Kier molecular flexibility index (Phi) is 7.43. The second kappa shape index (κ2) is 7.69. The largest absolute Gasteiger partial charge is 0.383 e. The minimum Gasteiger partial charge on any atom is -0.383 e. The molecule has 0 heterocycles. The van der Waals surface area contributed by atoms with Crippen molar-refractivity contribution in [3.63, 3.8) is 0 Å². The molecule has 0 unspecified atom stereocenters. The van der Waals surface area contributed by atoms with E-state index in [0.29, 0.717) is 0 Å². The molecule has 1 fully saturated rings. The van der Waals surface area contributed by atoms with Crippen LogP contribution >= 0.6 is 0 Å². The molecule has 0 aromatic carbocycles. The Morgan fingerprint density at radius 1 is 0.773 bits per heavy atom. The maximum Gasteiger partial charge on any atom is 0.169 e. The monoisotopic (exact) mass is 314 g/mol. The van der Waals surface area contributed by atoms with Crippen LogP contribution < -0.4 is 0 Å². The van der Waals surface area contributed by atoms with Crippen LogP contribution in [-0.4, -0.2) is 33.0 Å². The standard InChI is InChI=1S/C10H18O2.C8H16O2/c1-10(2,12)9(11)8-6-4-3-5-7-8;1-7(2,3)6(9)8(4,5)10/h8,12H,3-7H2,1-2H3;10H,1-5H3. The van der Waals surface area contributed by atoms with Crippen molar-refractivity contribution in [2.45, 2.75) is 91.8 Å². The summed E-state index contributed by atoms with van der Waals surface area (Å²) in [5, 5.41) is 18.8. The van der Waals surface area contributed by atoms with Crippen molar-refractivity contribution >= 4 is 11.6 Å². The summed E-state index contributed by atoms with van der Waals surface area (Å²) < 4.78 is 0. The third kappa shape index (κ3) is 7.50. The Labute approximate surface area is 135 Å². The molecule has 0 atom stereocenters. The van der Waals surface area contributed by atoms with E-state index in [1.807, 2.05) is 0 Å². The molecular weight excluding hydrogens is 280 g/mol. The topological polar surface area (TPSA) is 74.6 Å². The Hall–Kier alpha value is -0.740. The first-order valence-electron chi connectivity index (χ1n) is 8.21. The molecule has 1 aliphatic rings. The molecule has 0 amide bonds. The zero-order valence-corrected chi connectivity index (χ0v) is 15.3. The maximum atomic E-state index is 11.6. The van der Waals surface area contributed by atoms with Crippen LogP contribution in [0.1, 0.15) is 80.6 Å². The minimum atomic E-state index is -1.20. The molecule has 130 valence electrons. The van der Waals surface area contributed by atoms with Crippen LogP contribution in [0, 0.1) is 11.3 Å². The first-order chi connectivity index (χ1) is 9.67. The number of Topliss-reactive ketones (excluding diaryl/α,β-unsaturated/α-hetero) is 2. The molecule has 2 N–H and O–H groups in total. The Morgan fingerprint density at radius 3 is 1.41 bits per heavy atom. The van der Waals surface area contributed by atoms with Gasteiger partial charge in [-0.05, 0) is 40.5 Å². The van der Waals surface area contributed by atoms with E-state index < -0.39 is 16.6 Å². The van der Waals surface area contributed by atoms with Crippen LogP contribution in [0.3, 0.4) is 0 Å². The molecule has 1 rings (SSSR count). The van der Waals surface area contributed by atoms with Crippen molar-refractivity contribution in [2.75, 3.05) is 0 Å². The number of ketones is 2. The summed E-state index contributed by atoms with van der Waals surface area (Å²) in [6, 6.07) is 0. The predicted molar refractivity (Wildman–Crippen MR) is 88.6 cm³/mol. The summed E-state index contributed by atoms with van der Waals surface area (Å²) in [6.07, 6.45) is 5.49. The van der Waals surface area contributed by atoms with Gasteiger partial charge in [0.05, 0.1) is 0 Å². The molecule has 0 radical (unpaired) electrons. The van der Waals surface area contributed by atoms with Crippen LogP contribution in [0.25, 0.3) is 0 Å². The van der Waals surface area contributed by atoms with Crippen LogP contribution in [-0.2, 0) is 9.59 Å². The van der Waals surface area contributed by atoms with Gasteiger partial charge in [0.15, 0.2) is 11.6 Å². The van der Waals surface area contributed by atoms with Crippen LogP contribution in [0.4, 0.5) is 0 Å². The van der Waals surface area contributed by atoms with Crippen LogP contribution in [0.15, 0.2) is 0 Å². The highest BCUT2D eigenvalue weighted by Gasteiger charge is 2.34. The van der Waals surface area contributed by atoms with Crippen molar-refractivity contribution < 1.29 is 19.8 Å². The Bertz CT molecular complexity index is 355. The highest BCUT2D eigenvalue weighted by Crippen LogP contribution is 2.27. The maximum absolute atomic E-state index is 11.6. The van der Waals surface area contributed by atoms with E-state index in [0.717, 1.165) is 25.7 Å². The van der Waals surface area contributed by atoms with Gasteiger partial charge in [0.1, 0.15) is 11.2 Å². The van der Waals surface area contributed by atoms with Gasteiger partial charge in [-0.3, -0.25) is 9.59 Å². The molecule has 0 saturated heterocycles. The first kappa shape index (κ1) is 21.3. The van der Waals surface area contributed by atoms with Gasteiger partial charge in [0, 0.05) is 11.3 Å². The SMILES string of the molecule is CC(C)(C)C(=O)C(C)(C)O.CC(C)(O)C(=O)C1CCCCC1. The highest BCUT2D eigenvalue weighted by molar-refractivity contribution is 5.90. The molecule has 0 aromatic rings. The average molecular weight is 314 g/mol. The van der Waals surface area contributed by atoms with Gasteiger partial charge in [-0.25, -0.2) is 0 Å². The molecule has 22 heavy (non-hydrogen) atoms. The summed E-state index contributed by atoms with van der Waals surface area (Å²) in [7, 11) is 0. The van der Waals surface area contributed by atoms with E-state index >= 15 is 0 Å². The summed E-state index contributed by atoms with van der Waals surface area (Å²) in [5.74, 6) is 0.0287. The third-order valence-corrected chi connectivity index (χ3v) is 3.82. The zero-order chi connectivity index (χ0) is 17.8. The lowest BCUT2D eigenvalue weighted by Crippen LogP contribution is -2.40. The minimum absolute atomic E-state index is 0.0298. The number of hydrogen-bond donors (Lipinski definition) is 2. The molecule has 1 aliphatic carbocycles. The van der Waals surface area contributed by atoms with E-state index in [4.69, 9.17) is 0 Å². The van der Waals surface area contributed by atoms with E-state index in [-0.39, 0.29) is 17.5 Å². The zero-order valence-electron chi connectivity index (χ0n) is 15.3. The number of carbonyl (C=O) groups excluding carboxylic acids is 2. The van der Waals surface area contributed by atoms with Gasteiger partial charge in [0.2, 0.25) is 0 Å². The Morgan fingerprint density at radius 2 is 1.18 bits per heavy atom. The first-order valence-corrected chi connectivity index (χ1v) is 8.21. The quantitative estimate of drug-likeness (QED) is 0.838. The second-order valence-corrected chi connectivity index (χ2v) is 8.40. The van der Waals surface area contributed by atoms with Gasteiger partial charge < -0.3 is 10.2 Å². The lowest BCUT2D eigenvalue weighted by molar-refractivity contribution is -0.142. The van der Waals surface area contributed by atoms with Gasteiger partial charge in [-0.15, -0.1) is 0 Å². The van der Waals surface area contributed by atoms with Crippen molar-refractivity contribution in [1.29, 1.82) is 0 Å². The Balaban J connectivity index is 0.000000409. The molecule has 0 bridgehead atoms. The predicted octanol–water partition coefficient (Wildman–Crippen LogP) is 3.28. The summed E-state index contributed by atoms with van der Waals surface area (Å²) in [6.45, 7) is 11.6. The third-order valence-electron chi connectivity index (χ3n) is 3.82. The molecule has 1 saturated carbocycles. The summed E-state index contributed by atoms with van der Waals surface area (Å²) in [4.78, 5) is 22.8. The number of aliphatic hydroxyl groups is 2. The summed E-state index contributed by atoms with van der Waals surface area (Å²) in [5.41, 5.74) is -2.77. The van der Waals surface area contributed by atoms with Crippen LogP contribution in [0.2, 0.25) is 0 Å². The van der Waals surface area contributed by atoms with Crippen molar-refractivity contribution in [1.82, 2.24) is 0 Å². The fourth-order valence-corrected chi connectivity index (χ4v) is 2.78. The van der Waals surface area contributed by atoms with Crippen LogP contribution in [0.5, 0.6) is 0 Å². The van der Waals surface area contributed by atoms with Gasteiger partial charge in [-0.1, -0.05) is 40.0 Å². The average Bonchev–Trinajstić information content (AvgIpc) is 2.35. The number of carbonyl (C=O) groups is 2. The fraction of sp³-hybridized carbons (Fsp3) is 0.889. The molecule has 4 nitrogen and oxygen atoms in total.